The van der Waals surface area contributed by atoms with Crippen LogP contribution in [0.1, 0.15) is 44.1 Å². The molecule has 1 fully saturated rings. The molecule has 6 nitrogen and oxygen atoms in total. The van der Waals surface area contributed by atoms with Gasteiger partial charge in [0.1, 0.15) is 6.04 Å². The summed E-state index contributed by atoms with van der Waals surface area (Å²) >= 11 is 0. The van der Waals surface area contributed by atoms with Crippen molar-refractivity contribution in [2.75, 3.05) is 19.6 Å². The van der Waals surface area contributed by atoms with Gasteiger partial charge in [-0.15, -0.1) is 0 Å². The Kier molecular flexibility index (Phi) is 5.67. The molecule has 0 bridgehead atoms. The van der Waals surface area contributed by atoms with Crippen molar-refractivity contribution in [1.29, 1.82) is 0 Å². The van der Waals surface area contributed by atoms with Crippen molar-refractivity contribution in [1.82, 2.24) is 19.6 Å². The lowest BCUT2D eigenvalue weighted by atomic mass is 10.1. The third-order valence-electron chi connectivity index (χ3n) is 4.90. The number of hydrogen-bond acceptors (Lipinski definition) is 3. The lowest BCUT2D eigenvalue weighted by molar-refractivity contribution is -0.151. The van der Waals surface area contributed by atoms with Gasteiger partial charge in [0.05, 0.1) is 5.69 Å². The smallest absolute Gasteiger partial charge is 0.245 e. The van der Waals surface area contributed by atoms with E-state index in [-0.39, 0.29) is 17.9 Å². The zero-order valence-corrected chi connectivity index (χ0v) is 15.8. The van der Waals surface area contributed by atoms with E-state index in [2.05, 4.69) is 18.9 Å². The Morgan fingerprint density at radius 3 is 2.50 bits per heavy atom. The van der Waals surface area contributed by atoms with Crippen LogP contribution in [0.2, 0.25) is 0 Å². The summed E-state index contributed by atoms with van der Waals surface area (Å²) < 4.78 is 1.85. The molecule has 0 aromatic carbocycles. The molecule has 1 aromatic rings. The minimum absolute atomic E-state index is 0.0581. The first-order valence-corrected chi connectivity index (χ1v) is 8.79. The molecule has 24 heavy (non-hydrogen) atoms. The van der Waals surface area contributed by atoms with Crippen LogP contribution in [0.3, 0.4) is 0 Å². The second-order valence-electron chi connectivity index (χ2n) is 7.21. The third kappa shape index (κ3) is 3.79. The number of aromatic nitrogens is 2. The summed E-state index contributed by atoms with van der Waals surface area (Å²) in [5, 5.41) is 4.40. The summed E-state index contributed by atoms with van der Waals surface area (Å²) in [5.41, 5.74) is 3.23. The van der Waals surface area contributed by atoms with Crippen molar-refractivity contribution in [2.24, 2.45) is 13.0 Å². The lowest BCUT2D eigenvalue weighted by Gasteiger charge is -2.39. The molecule has 1 aliphatic rings. The van der Waals surface area contributed by atoms with E-state index < -0.39 is 0 Å². The lowest BCUT2D eigenvalue weighted by Crippen LogP contribution is -2.58. The molecule has 0 spiro atoms. The first kappa shape index (κ1) is 18.5. The molecule has 2 heterocycles. The average molecular weight is 334 g/mol. The summed E-state index contributed by atoms with van der Waals surface area (Å²) in [6, 6.07) is -0.360. The van der Waals surface area contributed by atoms with Gasteiger partial charge >= 0.3 is 0 Å². The molecule has 1 saturated heterocycles. The molecule has 134 valence electrons. The molecular formula is C18H30N4O2. The van der Waals surface area contributed by atoms with Crippen molar-refractivity contribution in [3.05, 3.63) is 17.0 Å². The Hall–Kier alpha value is -1.85. The summed E-state index contributed by atoms with van der Waals surface area (Å²) in [5.74, 6) is 0.569. The molecule has 0 saturated carbocycles. The van der Waals surface area contributed by atoms with Gasteiger partial charge in [-0.05, 0) is 38.7 Å². The largest absolute Gasteiger partial charge is 0.339 e. The monoisotopic (exact) mass is 334 g/mol. The van der Waals surface area contributed by atoms with Crippen molar-refractivity contribution in [3.63, 3.8) is 0 Å². The van der Waals surface area contributed by atoms with E-state index >= 15 is 0 Å². The maximum atomic E-state index is 12.6. The highest BCUT2D eigenvalue weighted by Crippen LogP contribution is 2.18. The zero-order valence-electron chi connectivity index (χ0n) is 15.8. The van der Waals surface area contributed by atoms with Crippen LogP contribution in [-0.4, -0.2) is 57.1 Å². The van der Waals surface area contributed by atoms with Gasteiger partial charge in [0.15, 0.2) is 0 Å². The second kappa shape index (κ2) is 7.36. The van der Waals surface area contributed by atoms with Gasteiger partial charge in [-0.3, -0.25) is 14.3 Å². The van der Waals surface area contributed by atoms with E-state index in [0.29, 0.717) is 31.8 Å². The number of hydrogen-bond donors (Lipinski definition) is 0. The number of aryl methyl sites for hydroxylation is 2. The van der Waals surface area contributed by atoms with E-state index in [1.807, 2.05) is 37.4 Å². The molecule has 6 heteroatoms. The van der Waals surface area contributed by atoms with Crippen molar-refractivity contribution in [2.45, 2.75) is 53.5 Å². The molecule has 0 N–H and O–H groups in total. The predicted molar refractivity (Wildman–Crippen MR) is 93.6 cm³/mol. The number of rotatable bonds is 5. The fourth-order valence-electron chi connectivity index (χ4n) is 3.45. The van der Waals surface area contributed by atoms with Crippen LogP contribution < -0.4 is 0 Å². The van der Waals surface area contributed by atoms with Crippen LogP contribution in [0.25, 0.3) is 0 Å². The normalized spacial score (nSPS) is 18.6. The molecule has 1 atom stereocenters. The predicted octanol–water partition coefficient (Wildman–Crippen LogP) is 1.68. The Bertz CT molecular complexity index is 621. The van der Waals surface area contributed by atoms with E-state index in [1.165, 1.54) is 0 Å². The SMILES string of the molecule is Cc1nn(C)c(C)c1CCC(=O)N1CCN(CC(C)C)C(=O)[C@@H]1C. The molecule has 2 rings (SSSR count). The van der Waals surface area contributed by atoms with Crippen LogP contribution in [0.15, 0.2) is 0 Å². The Morgan fingerprint density at radius 2 is 1.96 bits per heavy atom. The van der Waals surface area contributed by atoms with Gasteiger partial charge < -0.3 is 9.80 Å². The fraction of sp³-hybridized carbons (Fsp3) is 0.722. The highest BCUT2D eigenvalue weighted by molar-refractivity contribution is 5.88. The number of piperazine rings is 1. The Balaban J connectivity index is 1.97. The Morgan fingerprint density at radius 1 is 1.29 bits per heavy atom. The van der Waals surface area contributed by atoms with Gasteiger partial charge in [0, 0.05) is 38.8 Å². The maximum absolute atomic E-state index is 12.6. The third-order valence-corrected chi connectivity index (χ3v) is 4.90. The highest BCUT2D eigenvalue weighted by Gasteiger charge is 2.34. The van der Waals surface area contributed by atoms with E-state index in [1.54, 1.807) is 4.90 Å². The van der Waals surface area contributed by atoms with E-state index in [0.717, 1.165) is 23.5 Å². The molecule has 0 unspecified atom stereocenters. The fourth-order valence-corrected chi connectivity index (χ4v) is 3.45. The second-order valence-corrected chi connectivity index (χ2v) is 7.21. The minimum Gasteiger partial charge on any atom is -0.339 e. The number of amides is 2. The summed E-state index contributed by atoms with van der Waals surface area (Å²) in [4.78, 5) is 28.7. The van der Waals surface area contributed by atoms with Crippen LogP contribution in [0.4, 0.5) is 0 Å². The molecule has 1 aromatic heterocycles. The van der Waals surface area contributed by atoms with Gasteiger partial charge in [-0.2, -0.15) is 5.10 Å². The summed E-state index contributed by atoms with van der Waals surface area (Å²) in [7, 11) is 1.92. The topological polar surface area (TPSA) is 58.4 Å². The first-order valence-electron chi connectivity index (χ1n) is 8.79. The van der Waals surface area contributed by atoms with Crippen LogP contribution in [0.5, 0.6) is 0 Å². The van der Waals surface area contributed by atoms with E-state index in [9.17, 15) is 9.59 Å². The molecule has 2 amide bonds. The van der Waals surface area contributed by atoms with Gasteiger partial charge in [0.25, 0.3) is 0 Å². The number of carbonyl (C=O) groups is 2. The quantitative estimate of drug-likeness (QED) is 0.823. The van der Waals surface area contributed by atoms with E-state index in [4.69, 9.17) is 0 Å². The highest BCUT2D eigenvalue weighted by atomic mass is 16.2. The maximum Gasteiger partial charge on any atom is 0.245 e. The number of nitrogens with zero attached hydrogens (tertiary/aromatic N) is 4. The molecule has 1 aliphatic heterocycles. The van der Waals surface area contributed by atoms with Crippen LogP contribution in [0, 0.1) is 19.8 Å². The summed E-state index contributed by atoms with van der Waals surface area (Å²) in [6.07, 6.45) is 1.10. The average Bonchev–Trinajstić information content (AvgIpc) is 2.74. The number of carbonyl (C=O) groups excluding carboxylic acids is 2. The van der Waals surface area contributed by atoms with Crippen molar-refractivity contribution in [3.8, 4) is 0 Å². The molecule has 0 aliphatic carbocycles. The zero-order chi connectivity index (χ0) is 18.0. The van der Waals surface area contributed by atoms with Gasteiger partial charge in [-0.25, -0.2) is 0 Å². The first-order chi connectivity index (χ1) is 11.2. The van der Waals surface area contributed by atoms with Gasteiger partial charge in [0.2, 0.25) is 11.8 Å². The summed E-state index contributed by atoms with van der Waals surface area (Å²) in [6.45, 7) is 12.1. The minimum atomic E-state index is -0.360. The molecule has 0 radical (unpaired) electrons. The van der Waals surface area contributed by atoms with Crippen molar-refractivity contribution < 1.29 is 9.59 Å². The van der Waals surface area contributed by atoms with Gasteiger partial charge in [-0.1, -0.05) is 13.8 Å². The molecular weight excluding hydrogens is 304 g/mol. The van der Waals surface area contributed by atoms with Crippen molar-refractivity contribution >= 4 is 11.8 Å². The van der Waals surface area contributed by atoms with Crippen LogP contribution >= 0.6 is 0 Å². The van der Waals surface area contributed by atoms with Crippen LogP contribution in [-0.2, 0) is 23.1 Å². The Labute approximate surface area is 144 Å². The standard InChI is InChI=1S/C18H30N4O2/c1-12(2)11-21-9-10-22(15(5)18(21)24)17(23)8-7-16-13(3)19-20(6)14(16)4/h12,15H,7-11H2,1-6H3/t15-/m0/s1.